The number of carbonyl (C=O) groups excluding carboxylic acids is 1. The molecule has 0 saturated carbocycles. The molecule has 30 heavy (non-hydrogen) atoms. The maximum absolute atomic E-state index is 11.8. The molecule has 157 valence electrons. The fourth-order valence-electron chi connectivity index (χ4n) is 3.79. The monoisotopic (exact) mass is 409 g/mol. The van der Waals surface area contributed by atoms with Gasteiger partial charge in [-0.1, -0.05) is 6.07 Å². The molecular formula is C22H25N4O4. The maximum Gasteiger partial charge on any atom is 0.298 e. The van der Waals surface area contributed by atoms with E-state index in [0.29, 0.717) is 36.0 Å². The third-order valence-electron chi connectivity index (χ3n) is 5.26. The number of primary amides is 1. The maximum atomic E-state index is 11.8. The number of fused-ring (bicyclic) bond motifs is 1. The number of hydrogen-bond donors (Lipinski definition) is 3. The number of phenolic OH excluding ortho intramolecular Hbond substituents is 1. The van der Waals surface area contributed by atoms with Gasteiger partial charge in [0.05, 0.1) is 12.2 Å². The summed E-state index contributed by atoms with van der Waals surface area (Å²) in [6, 6.07) is 12.2. The first-order valence-electron chi connectivity index (χ1n) is 10.1. The Kier molecular flexibility index (Phi) is 5.76. The van der Waals surface area contributed by atoms with Gasteiger partial charge < -0.3 is 30.2 Å². The normalized spacial score (nSPS) is 14.7. The molecule has 0 unspecified atom stereocenters. The first kappa shape index (κ1) is 20.0. The lowest BCUT2D eigenvalue weighted by molar-refractivity contribution is 0.100. The number of benzene rings is 2. The summed E-state index contributed by atoms with van der Waals surface area (Å²) < 4.78 is 11.6. The average molecular weight is 409 g/mol. The fourth-order valence-corrected chi connectivity index (χ4v) is 3.79. The molecule has 0 spiro atoms. The lowest BCUT2D eigenvalue weighted by atomic mass is 10.0. The number of piperidine rings is 1. The Bertz CT molecular complexity index is 1040. The number of aromatic nitrogens is 1. The van der Waals surface area contributed by atoms with Gasteiger partial charge >= 0.3 is 0 Å². The molecular weight excluding hydrogens is 384 g/mol. The lowest BCUT2D eigenvalue weighted by Crippen LogP contribution is -2.43. The second-order valence-corrected chi connectivity index (χ2v) is 7.27. The minimum atomic E-state index is -0.589. The van der Waals surface area contributed by atoms with Crippen LogP contribution in [0.4, 0.5) is 6.01 Å². The van der Waals surface area contributed by atoms with Crippen LogP contribution in [0.1, 0.15) is 35.7 Å². The molecule has 1 fully saturated rings. The largest absolute Gasteiger partial charge is 0.504 e. The van der Waals surface area contributed by atoms with E-state index < -0.39 is 5.91 Å². The van der Waals surface area contributed by atoms with Crippen LogP contribution in [0.5, 0.6) is 11.5 Å². The number of anilines is 1. The summed E-state index contributed by atoms with van der Waals surface area (Å²) in [5.74, 6) is -0.0327. The van der Waals surface area contributed by atoms with Gasteiger partial charge in [-0.05, 0) is 68.8 Å². The van der Waals surface area contributed by atoms with Crippen LogP contribution in [0.25, 0.3) is 11.1 Å². The van der Waals surface area contributed by atoms with Crippen LogP contribution in [0.2, 0.25) is 0 Å². The first-order valence-corrected chi connectivity index (χ1v) is 10.1. The van der Waals surface area contributed by atoms with Crippen LogP contribution in [-0.4, -0.2) is 41.7 Å². The highest BCUT2D eigenvalue weighted by Gasteiger charge is 2.26. The molecule has 0 atom stereocenters. The topological polar surface area (TPSA) is 114 Å². The molecule has 1 saturated heterocycles. The van der Waals surface area contributed by atoms with E-state index in [1.807, 2.05) is 19.1 Å². The highest BCUT2D eigenvalue weighted by atomic mass is 16.5. The number of phenols is 1. The van der Waals surface area contributed by atoms with Crippen LogP contribution < -0.4 is 20.7 Å². The van der Waals surface area contributed by atoms with Gasteiger partial charge in [0.2, 0.25) is 0 Å². The number of nitrogens with zero attached hydrogens (tertiary/aromatic N) is 2. The lowest BCUT2D eigenvalue weighted by Gasteiger charge is -2.33. The van der Waals surface area contributed by atoms with Crippen molar-refractivity contribution >= 4 is 23.0 Å². The highest BCUT2D eigenvalue weighted by molar-refractivity contribution is 6.03. The smallest absolute Gasteiger partial charge is 0.298 e. The van der Waals surface area contributed by atoms with E-state index in [9.17, 15) is 9.90 Å². The number of carbonyl (C=O) groups is 1. The van der Waals surface area contributed by atoms with Crippen LogP contribution in [0, 0.1) is 6.07 Å². The Morgan fingerprint density at radius 2 is 2.20 bits per heavy atom. The van der Waals surface area contributed by atoms with Crippen molar-refractivity contribution in [1.82, 2.24) is 10.3 Å². The van der Waals surface area contributed by atoms with Crippen molar-refractivity contribution < 1.29 is 19.1 Å². The molecule has 8 heteroatoms. The Morgan fingerprint density at radius 1 is 1.40 bits per heavy atom. The molecule has 1 aliphatic rings. The van der Waals surface area contributed by atoms with Gasteiger partial charge in [-0.3, -0.25) is 4.79 Å². The van der Waals surface area contributed by atoms with Crippen molar-refractivity contribution in [3.05, 3.63) is 47.5 Å². The van der Waals surface area contributed by atoms with E-state index in [0.717, 1.165) is 31.5 Å². The quantitative estimate of drug-likeness (QED) is 0.549. The van der Waals surface area contributed by atoms with Gasteiger partial charge in [0.1, 0.15) is 5.52 Å². The molecule has 2 heterocycles. The second-order valence-electron chi connectivity index (χ2n) is 7.27. The number of rotatable bonds is 7. The van der Waals surface area contributed by atoms with Gasteiger partial charge in [-0.15, -0.1) is 0 Å². The number of nitrogens with one attached hydrogen (secondary N) is 1. The molecule has 2 aromatic carbocycles. The number of hydrogen-bond acceptors (Lipinski definition) is 7. The van der Waals surface area contributed by atoms with Gasteiger partial charge in [0.25, 0.3) is 11.9 Å². The van der Waals surface area contributed by atoms with Gasteiger partial charge in [-0.25, -0.2) is 0 Å². The van der Waals surface area contributed by atoms with Gasteiger partial charge in [0.15, 0.2) is 17.1 Å². The van der Waals surface area contributed by atoms with Crippen molar-refractivity contribution in [3.63, 3.8) is 0 Å². The molecule has 8 nitrogen and oxygen atoms in total. The fraction of sp³-hybridized carbons (Fsp3) is 0.364. The zero-order chi connectivity index (χ0) is 21.1. The number of aromatic hydroxyl groups is 1. The zero-order valence-corrected chi connectivity index (χ0v) is 16.9. The Hall–Kier alpha value is -3.26. The van der Waals surface area contributed by atoms with Crippen LogP contribution in [0.15, 0.2) is 34.7 Å². The second kappa shape index (κ2) is 8.62. The third kappa shape index (κ3) is 4.04. The van der Waals surface area contributed by atoms with Crippen LogP contribution in [-0.2, 0) is 6.54 Å². The Balaban J connectivity index is 1.72. The Labute approximate surface area is 174 Å². The molecule has 0 bridgehead atoms. The predicted octanol–water partition coefficient (Wildman–Crippen LogP) is 2.59. The van der Waals surface area contributed by atoms with E-state index in [-0.39, 0.29) is 17.4 Å². The van der Waals surface area contributed by atoms with Crippen LogP contribution in [0.3, 0.4) is 0 Å². The molecule has 1 amide bonds. The summed E-state index contributed by atoms with van der Waals surface area (Å²) >= 11 is 0. The van der Waals surface area contributed by atoms with Gasteiger partial charge in [-0.2, -0.15) is 4.98 Å². The Morgan fingerprint density at radius 3 is 2.93 bits per heavy atom. The molecule has 1 radical (unpaired) electrons. The van der Waals surface area contributed by atoms with E-state index in [4.69, 9.17) is 14.9 Å². The van der Waals surface area contributed by atoms with Crippen molar-refractivity contribution in [2.24, 2.45) is 5.73 Å². The van der Waals surface area contributed by atoms with E-state index >= 15 is 0 Å². The van der Waals surface area contributed by atoms with Gasteiger partial charge in [0, 0.05) is 12.6 Å². The molecule has 1 aromatic heterocycles. The average Bonchev–Trinajstić information content (AvgIpc) is 3.18. The molecule has 4 rings (SSSR count). The van der Waals surface area contributed by atoms with E-state index in [1.165, 1.54) is 0 Å². The summed E-state index contributed by atoms with van der Waals surface area (Å²) in [6.07, 6.45) is 1.87. The number of nitrogens with two attached hydrogens (primary N) is 1. The molecule has 0 aliphatic carbocycles. The van der Waals surface area contributed by atoms with Crippen LogP contribution >= 0.6 is 0 Å². The minimum Gasteiger partial charge on any atom is -0.504 e. The summed E-state index contributed by atoms with van der Waals surface area (Å²) in [7, 11) is 0. The predicted molar refractivity (Wildman–Crippen MR) is 113 cm³/mol. The third-order valence-corrected chi connectivity index (χ3v) is 5.26. The molecule has 4 N–H and O–H groups in total. The SMILES string of the molecule is CCOc1cc(CN(c2nc3c(C(N)=O)[c]ccc3o2)C2CCNCC2)ccc1O. The summed E-state index contributed by atoms with van der Waals surface area (Å²) in [6.45, 7) is 4.67. The highest BCUT2D eigenvalue weighted by Crippen LogP contribution is 2.31. The molecule has 3 aromatic rings. The van der Waals surface area contributed by atoms with Crippen molar-refractivity contribution in [1.29, 1.82) is 0 Å². The number of oxazole rings is 1. The standard InChI is InChI=1S/C22H25N4O4/c1-2-29-19-12-14(6-7-17(19)27)13-26(15-8-10-24-11-9-15)22-25-20-16(21(23)28)4-3-5-18(20)30-22/h3,5-7,12,15,24,27H,2,8-11,13H2,1H3,(H2,23,28). The summed E-state index contributed by atoms with van der Waals surface area (Å²) in [5, 5.41) is 13.4. The van der Waals surface area contributed by atoms with Crippen molar-refractivity contribution in [3.8, 4) is 11.5 Å². The summed E-state index contributed by atoms with van der Waals surface area (Å²) in [4.78, 5) is 18.5. The van der Waals surface area contributed by atoms with E-state index in [1.54, 1.807) is 18.2 Å². The molecule has 1 aliphatic heterocycles. The minimum absolute atomic E-state index is 0.109. The van der Waals surface area contributed by atoms with E-state index in [2.05, 4.69) is 21.3 Å². The first-order chi connectivity index (χ1) is 14.6. The summed E-state index contributed by atoms with van der Waals surface area (Å²) in [5.41, 5.74) is 7.57. The number of ether oxygens (including phenoxy) is 1. The van der Waals surface area contributed by atoms with Crippen molar-refractivity contribution in [2.45, 2.75) is 32.4 Å². The van der Waals surface area contributed by atoms with Crippen molar-refractivity contribution in [2.75, 3.05) is 24.6 Å². The zero-order valence-electron chi connectivity index (χ0n) is 16.9. The number of amides is 1.